The average molecular weight is 882 g/mol. The maximum absolute atomic E-state index is 7.09. The quantitative estimate of drug-likeness (QED) is 0.130. The molecule has 0 atom stereocenters. The molecule has 12 aromatic rings. The summed E-state index contributed by atoms with van der Waals surface area (Å²) >= 11 is 0. The van der Waals surface area contributed by atoms with Gasteiger partial charge in [0.2, 0.25) is 6.71 Å². The van der Waals surface area contributed by atoms with Crippen LogP contribution in [0.5, 0.6) is 11.5 Å². The molecule has 3 heterocycles. The number of para-hydroxylation sites is 3. The van der Waals surface area contributed by atoms with Gasteiger partial charge in [-0.25, -0.2) is 0 Å². The molecule has 0 spiro atoms. The number of furan rings is 1. The van der Waals surface area contributed by atoms with Crippen LogP contribution in [-0.2, 0) is 5.41 Å². The van der Waals surface area contributed by atoms with E-state index in [1.54, 1.807) is 0 Å². The molecule has 3 aliphatic rings. The van der Waals surface area contributed by atoms with Gasteiger partial charge in [-0.1, -0.05) is 169 Å². The Morgan fingerprint density at radius 2 is 1.10 bits per heavy atom. The van der Waals surface area contributed by atoms with Crippen molar-refractivity contribution >= 4 is 94.4 Å². The number of nitrogens with zero attached hydrogens (tertiary/aromatic N) is 1. The second-order valence-corrected chi connectivity index (χ2v) is 20.0. The van der Waals surface area contributed by atoms with E-state index in [0.717, 1.165) is 61.4 Å². The fourth-order valence-corrected chi connectivity index (χ4v) is 12.9. The number of anilines is 3. The van der Waals surface area contributed by atoms with Gasteiger partial charge in [0.05, 0.1) is 0 Å². The number of fused-ring (bicyclic) bond motifs is 13. The summed E-state index contributed by atoms with van der Waals surface area (Å²) in [4.78, 5) is 2.37. The molecule has 0 unspecified atom stereocenters. The summed E-state index contributed by atoms with van der Waals surface area (Å²) in [5.41, 5.74) is 21.6. The summed E-state index contributed by atoms with van der Waals surface area (Å²) in [6.45, 7) is 9.16. The number of aryl methyl sites for hydroxylation is 2. The second kappa shape index (κ2) is 13.9. The van der Waals surface area contributed by atoms with Crippen LogP contribution in [0.25, 0.3) is 87.6 Å². The highest BCUT2D eigenvalue weighted by Crippen LogP contribution is 2.54. The number of hydrogen-bond donors (Lipinski definition) is 0. The van der Waals surface area contributed by atoms with Gasteiger partial charge < -0.3 is 14.1 Å². The summed E-state index contributed by atoms with van der Waals surface area (Å²) in [7, 11) is 0. The molecule has 0 fully saturated rings. The molecule has 11 aromatic carbocycles. The highest BCUT2D eigenvalue weighted by atomic mass is 16.5. The molecule has 0 amide bonds. The summed E-state index contributed by atoms with van der Waals surface area (Å²) in [5.74, 6) is 1.73. The number of rotatable bonds is 4. The van der Waals surface area contributed by atoms with E-state index < -0.39 is 0 Å². The lowest BCUT2D eigenvalue weighted by Gasteiger charge is -2.31. The van der Waals surface area contributed by atoms with Crippen LogP contribution in [0.4, 0.5) is 17.1 Å². The molecular formula is C65H44BNO2. The minimum Gasteiger partial charge on any atom is -0.457 e. The largest absolute Gasteiger partial charge is 0.457 e. The van der Waals surface area contributed by atoms with Crippen LogP contribution in [0.2, 0.25) is 0 Å². The molecule has 324 valence electrons. The molecule has 0 saturated heterocycles. The lowest BCUT2D eigenvalue weighted by molar-refractivity contribution is 0.487. The van der Waals surface area contributed by atoms with E-state index in [2.05, 4.69) is 227 Å². The van der Waals surface area contributed by atoms with E-state index in [4.69, 9.17) is 9.15 Å². The second-order valence-electron chi connectivity index (χ2n) is 20.0. The standard InChI is InChI=1S/C65H44BNO2/c1-37-31-38(2)63-53(32-37)48-20-12-19-46-50-35-52-45-30-28-41(67(39-15-6-5-7-16-39)40-27-29-43-42-17-8-10-23-54(42)65(3,4)55(43)33-40)34-60(45)68-59-26-14-21-47(62(52)59)51(50)36-57(61(46)48)66(63)56-24-13-22-49-44-18-9-11-25-58(44)69-64(49)56/h5-36H,1-4H3. The Labute approximate surface area is 400 Å². The van der Waals surface area contributed by atoms with Crippen LogP contribution < -0.4 is 26.0 Å². The SMILES string of the molecule is Cc1cc(C)c2c(c1)-c1cccc3c1c(cc1c4cccc5c4c(cc31)-c1ccc(N(c3ccccc3)c3ccc4c(c3)C(C)(C)c3ccccc3-4)cc1O5)B2c1cccc2c1oc1ccccc12. The molecule has 0 radical (unpaired) electrons. The van der Waals surface area contributed by atoms with Crippen LogP contribution in [0.15, 0.2) is 199 Å². The lowest BCUT2D eigenvalue weighted by Crippen LogP contribution is -2.56. The number of ether oxygens (including phenoxy) is 1. The van der Waals surface area contributed by atoms with Crippen LogP contribution in [-0.4, -0.2) is 6.71 Å². The van der Waals surface area contributed by atoms with Gasteiger partial charge in [0.25, 0.3) is 0 Å². The Hall–Kier alpha value is -8.34. The van der Waals surface area contributed by atoms with Gasteiger partial charge in [-0.2, -0.15) is 0 Å². The van der Waals surface area contributed by atoms with Gasteiger partial charge in [-0.15, -0.1) is 0 Å². The smallest absolute Gasteiger partial charge is 0.248 e. The van der Waals surface area contributed by atoms with Gasteiger partial charge in [-0.05, 0) is 140 Å². The third-order valence-corrected chi connectivity index (χ3v) is 15.8. The van der Waals surface area contributed by atoms with E-state index in [0.29, 0.717) is 0 Å². The van der Waals surface area contributed by atoms with Crippen molar-refractivity contribution in [1.29, 1.82) is 0 Å². The van der Waals surface area contributed by atoms with E-state index in [1.165, 1.54) is 93.4 Å². The number of benzene rings is 11. The molecular weight excluding hydrogens is 838 g/mol. The van der Waals surface area contributed by atoms with Crippen LogP contribution >= 0.6 is 0 Å². The Balaban J connectivity index is 0.944. The van der Waals surface area contributed by atoms with Crippen molar-refractivity contribution in [2.75, 3.05) is 4.90 Å². The summed E-state index contributed by atoms with van der Waals surface area (Å²) < 4.78 is 13.9. The molecule has 15 rings (SSSR count). The van der Waals surface area contributed by atoms with Crippen molar-refractivity contribution in [3.8, 4) is 44.9 Å². The normalized spacial score (nSPS) is 13.7. The zero-order valence-corrected chi connectivity index (χ0v) is 38.8. The van der Waals surface area contributed by atoms with Crippen LogP contribution in [0.1, 0.15) is 36.1 Å². The molecule has 1 aromatic heterocycles. The van der Waals surface area contributed by atoms with Gasteiger partial charge in [0, 0.05) is 50.3 Å². The first-order valence-electron chi connectivity index (χ1n) is 24.2. The van der Waals surface area contributed by atoms with Gasteiger partial charge in [0.15, 0.2) is 0 Å². The highest BCUT2D eigenvalue weighted by molar-refractivity contribution is 7.00. The Bertz CT molecular complexity index is 4240. The van der Waals surface area contributed by atoms with Crippen molar-refractivity contribution in [3.05, 3.63) is 216 Å². The molecule has 2 aliphatic heterocycles. The fourth-order valence-electron chi connectivity index (χ4n) is 12.9. The first-order chi connectivity index (χ1) is 33.8. The van der Waals surface area contributed by atoms with Gasteiger partial charge in [0.1, 0.15) is 22.7 Å². The monoisotopic (exact) mass is 881 g/mol. The predicted octanol–water partition coefficient (Wildman–Crippen LogP) is 15.7. The summed E-state index contributed by atoms with van der Waals surface area (Å²) in [5, 5.41) is 9.68. The van der Waals surface area contributed by atoms with Crippen molar-refractivity contribution < 1.29 is 9.15 Å². The minimum atomic E-state index is -0.122. The molecule has 4 heteroatoms. The fraction of sp³-hybridized carbons (Fsp3) is 0.0769. The van der Waals surface area contributed by atoms with Crippen molar-refractivity contribution in [2.45, 2.75) is 33.1 Å². The average Bonchev–Trinajstić information content (AvgIpc) is 3.87. The minimum absolute atomic E-state index is 0.0486. The molecule has 0 bridgehead atoms. The van der Waals surface area contributed by atoms with E-state index in [-0.39, 0.29) is 12.1 Å². The molecule has 1 aliphatic carbocycles. The van der Waals surface area contributed by atoms with Gasteiger partial charge >= 0.3 is 0 Å². The maximum atomic E-state index is 7.09. The van der Waals surface area contributed by atoms with Crippen LogP contribution in [0, 0.1) is 13.8 Å². The third-order valence-electron chi connectivity index (χ3n) is 15.8. The maximum Gasteiger partial charge on any atom is 0.248 e. The van der Waals surface area contributed by atoms with Crippen LogP contribution in [0.3, 0.4) is 0 Å². The molecule has 0 saturated carbocycles. The van der Waals surface area contributed by atoms with Crippen molar-refractivity contribution in [3.63, 3.8) is 0 Å². The van der Waals surface area contributed by atoms with Gasteiger partial charge in [-0.3, -0.25) is 0 Å². The first kappa shape index (κ1) is 38.7. The van der Waals surface area contributed by atoms with E-state index in [9.17, 15) is 0 Å². The molecule has 3 nitrogen and oxygen atoms in total. The Kier molecular flexibility index (Phi) is 7.79. The van der Waals surface area contributed by atoms with E-state index in [1.807, 2.05) is 0 Å². The molecule has 0 N–H and O–H groups in total. The predicted molar refractivity (Wildman–Crippen MR) is 290 cm³/mol. The summed E-state index contributed by atoms with van der Waals surface area (Å²) in [6, 6.07) is 71.7. The number of hydrogen-bond acceptors (Lipinski definition) is 3. The lowest BCUT2D eigenvalue weighted by atomic mass is 9.33. The molecule has 69 heavy (non-hydrogen) atoms. The summed E-state index contributed by atoms with van der Waals surface area (Å²) in [6.07, 6.45) is 0. The topological polar surface area (TPSA) is 25.6 Å². The zero-order valence-electron chi connectivity index (χ0n) is 38.8. The van der Waals surface area contributed by atoms with E-state index >= 15 is 0 Å². The Morgan fingerprint density at radius 3 is 1.99 bits per heavy atom. The third kappa shape index (κ3) is 5.29. The van der Waals surface area contributed by atoms with Crippen molar-refractivity contribution in [1.82, 2.24) is 0 Å². The van der Waals surface area contributed by atoms with Crippen molar-refractivity contribution in [2.24, 2.45) is 0 Å². The zero-order chi connectivity index (χ0) is 45.9. The highest BCUT2D eigenvalue weighted by Gasteiger charge is 2.38. The first-order valence-corrected chi connectivity index (χ1v) is 24.2. The Morgan fingerprint density at radius 1 is 0.420 bits per heavy atom.